The van der Waals surface area contributed by atoms with Gasteiger partial charge < -0.3 is 14.6 Å². The first kappa shape index (κ1) is 19.4. The minimum absolute atomic E-state index is 0.0984. The molecule has 8 atom stereocenters. The number of rotatable bonds is 3. The number of fused-ring (bicyclic) bond motifs is 5. The molecule has 4 rings (SSSR count). The van der Waals surface area contributed by atoms with Gasteiger partial charge in [0, 0.05) is 6.61 Å². The van der Waals surface area contributed by atoms with Gasteiger partial charge in [-0.05, 0) is 112 Å². The summed E-state index contributed by atoms with van der Waals surface area (Å²) in [6.45, 7) is 9.84. The summed E-state index contributed by atoms with van der Waals surface area (Å²) in [5.41, 5.74) is 0.445. The minimum atomic E-state index is -1.51. The number of aliphatic hydroxyl groups excluding tert-OH is 2. The lowest BCUT2D eigenvalue weighted by molar-refractivity contribution is -0.157. The standard InChI is InChI=1S/C22H40O3Si/c1-21-11-10-19-17(18(21)7-8-20(21)25-26(2,3)4)6-5-15-13-16(24)9-12-22(15,19)14-23/h15-20,23-24H,5-14H2,1-4H3/t15-,16-,17-,18-,19-,20-,21-,22+/m0/s1. The molecule has 0 radical (unpaired) electrons. The molecule has 4 aliphatic rings. The number of aliphatic hydroxyl groups is 2. The lowest BCUT2D eigenvalue weighted by Crippen LogP contribution is -2.57. The average molecular weight is 381 g/mol. The van der Waals surface area contributed by atoms with E-state index >= 15 is 0 Å². The van der Waals surface area contributed by atoms with Crippen LogP contribution < -0.4 is 0 Å². The third-order valence-electron chi connectivity index (χ3n) is 9.04. The molecule has 3 nitrogen and oxygen atoms in total. The normalized spacial score (nSPS) is 51.5. The Balaban J connectivity index is 1.58. The molecule has 150 valence electrons. The van der Waals surface area contributed by atoms with Gasteiger partial charge in [0.1, 0.15) is 0 Å². The van der Waals surface area contributed by atoms with Crippen LogP contribution >= 0.6 is 0 Å². The Morgan fingerprint density at radius 1 is 0.962 bits per heavy atom. The molecule has 0 spiro atoms. The van der Waals surface area contributed by atoms with Crippen LogP contribution in [0.3, 0.4) is 0 Å². The molecule has 0 bridgehead atoms. The Kier molecular flexibility index (Phi) is 4.91. The smallest absolute Gasteiger partial charge is 0.184 e. The predicted octanol–water partition coefficient (Wildman–Crippen LogP) is 4.58. The van der Waals surface area contributed by atoms with Crippen LogP contribution in [0.5, 0.6) is 0 Å². The summed E-state index contributed by atoms with van der Waals surface area (Å²) >= 11 is 0. The molecule has 0 aromatic carbocycles. The Morgan fingerprint density at radius 2 is 1.73 bits per heavy atom. The molecule has 0 saturated heterocycles. The lowest BCUT2D eigenvalue weighted by Gasteiger charge is -2.61. The Labute approximate surface area is 161 Å². The SMILES string of the molecule is C[C@]12CC[C@H]3[C@@H](CC[C@H]4C[C@@H](O)CC[C@@]43CO)[C@@H]1CC[C@@H]2O[Si](C)(C)C. The number of hydrogen-bond acceptors (Lipinski definition) is 3. The molecular weight excluding hydrogens is 340 g/mol. The van der Waals surface area contributed by atoms with E-state index in [2.05, 4.69) is 26.6 Å². The van der Waals surface area contributed by atoms with Crippen molar-refractivity contribution >= 4 is 8.32 Å². The van der Waals surface area contributed by atoms with Crippen molar-refractivity contribution in [2.45, 2.75) is 96.6 Å². The van der Waals surface area contributed by atoms with Crippen molar-refractivity contribution in [3.05, 3.63) is 0 Å². The van der Waals surface area contributed by atoms with Crippen LogP contribution in [-0.4, -0.2) is 37.3 Å². The zero-order valence-corrected chi connectivity index (χ0v) is 18.3. The second-order valence-corrected chi connectivity index (χ2v) is 15.8. The van der Waals surface area contributed by atoms with Crippen LogP contribution in [0.2, 0.25) is 19.6 Å². The Bertz CT molecular complexity index is 532. The highest BCUT2D eigenvalue weighted by Gasteiger charge is 2.61. The molecule has 0 unspecified atom stereocenters. The van der Waals surface area contributed by atoms with Gasteiger partial charge in [0.25, 0.3) is 0 Å². The van der Waals surface area contributed by atoms with Crippen LogP contribution in [0.25, 0.3) is 0 Å². The predicted molar refractivity (Wildman–Crippen MR) is 107 cm³/mol. The molecule has 4 aliphatic carbocycles. The van der Waals surface area contributed by atoms with E-state index in [0.29, 0.717) is 30.0 Å². The summed E-state index contributed by atoms with van der Waals surface area (Å²) in [7, 11) is -1.51. The average Bonchev–Trinajstić information content (AvgIpc) is 2.89. The van der Waals surface area contributed by atoms with Crippen LogP contribution in [-0.2, 0) is 4.43 Å². The first-order valence-corrected chi connectivity index (χ1v) is 14.6. The van der Waals surface area contributed by atoms with Gasteiger partial charge in [-0.15, -0.1) is 0 Å². The fraction of sp³-hybridized carbons (Fsp3) is 1.00. The van der Waals surface area contributed by atoms with Crippen molar-refractivity contribution in [1.82, 2.24) is 0 Å². The molecule has 0 heterocycles. The van der Waals surface area contributed by atoms with Gasteiger partial charge in [0.2, 0.25) is 0 Å². The molecule has 26 heavy (non-hydrogen) atoms. The van der Waals surface area contributed by atoms with Crippen LogP contribution in [0, 0.1) is 34.5 Å². The zero-order valence-electron chi connectivity index (χ0n) is 17.3. The molecule has 0 aromatic heterocycles. The van der Waals surface area contributed by atoms with E-state index in [1.807, 2.05) is 0 Å². The second-order valence-electron chi connectivity index (χ2n) is 11.3. The third-order valence-corrected chi connectivity index (χ3v) is 10.0. The Hall–Kier alpha value is 0.0969. The number of hydrogen-bond donors (Lipinski definition) is 2. The highest BCUT2D eigenvalue weighted by Crippen LogP contribution is 2.66. The fourth-order valence-corrected chi connectivity index (χ4v) is 9.15. The summed E-state index contributed by atoms with van der Waals surface area (Å²) in [4.78, 5) is 0. The molecule has 0 aromatic rings. The maximum absolute atomic E-state index is 10.5. The third kappa shape index (κ3) is 2.94. The van der Waals surface area contributed by atoms with E-state index in [9.17, 15) is 10.2 Å². The minimum Gasteiger partial charge on any atom is -0.414 e. The van der Waals surface area contributed by atoms with Crippen molar-refractivity contribution in [3.63, 3.8) is 0 Å². The van der Waals surface area contributed by atoms with E-state index in [0.717, 1.165) is 31.1 Å². The van der Waals surface area contributed by atoms with Gasteiger partial charge in [0.05, 0.1) is 12.2 Å². The van der Waals surface area contributed by atoms with Gasteiger partial charge in [-0.1, -0.05) is 6.92 Å². The highest BCUT2D eigenvalue weighted by molar-refractivity contribution is 6.69. The largest absolute Gasteiger partial charge is 0.414 e. The summed E-state index contributed by atoms with van der Waals surface area (Å²) in [6.07, 6.45) is 10.8. The molecule has 0 amide bonds. The first-order valence-electron chi connectivity index (χ1n) is 11.2. The van der Waals surface area contributed by atoms with Gasteiger partial charge in [-0.2, -0.15) is 0 Å². The Morgan fingerprint density at radius 3 is 2.42 bits per heavy atom. The van der Waals surface area contributed by atoms with Crippen molar-refractivity contribution in [3.8, 4) is 0 Å². The van der Waals surface area contributed by atoms with E-state index in [1.165, 1.54) is 38.5 Å². The van der Waals surface area contributed by atoms with Crippen molar-refractivity contribution in [1.29, 1.82) is 0 Å². The van der Waals surface area contributed by atoms with E-state index in [-0.39, 0.29) is 11.5 Å². The highest BCUT2D eigenvalue weighted by atomic mass is 28.4. The molecule has 2 N–H and O–H groups in total. The van der Waals surface area contributed by atoms with Gasteiger partial charge in [0.15, 0.2) is 8.32 Å². The van der Waals surface area contributed by atoms with Crippen molar-refractivity contribution in [2.75, 3.05) is 6.61 Å². The van der Waals surface area contributed by atoms with Crippen molar-refractivity contribution in [2.24, 2.45) is 34.5 Å². The molecule has 0 aliphatic heterocycles. The van der Waals surface area contributed by atoms with Crippen LogP contribution in [0.1, 0.15) is 64.7 Å². The summed E-state index contributed by atoms with van der Waals surface area (Å²) in [6, 6.07) is 0. The lowest BCUT2D eigenvalue weighted by atomic mass is 9.44. The zero-order chi connectivity index (χ0) is 18.7. The fourth-order valence-electron chi connectivity index (χ4n) is 7.91. The topological polar surface area (TPSA) is 49.7 Å². The molecular formula is C22H40O3Si. The first-order chi connectivity index (χ1) is 12.2. The van der Waals surface area contributed by atoms with E-state index < -0.39 is 8.32 Å². The monoisotopic (exact) mass is 380 g/mol. The van der Waals surface area contributed by atoms with E-state index in [4.69, 9.17) is 4.43 Å². The quantitative estimate of drug-likeness (QED) is 0.705. The van der Waals surface area contributed by atoms with Gasteiger partial charge in [-0.3, -0.25) is 0 Å². The summed E-state index contributed by atoms with van der Waals surface area (Å²) < 4.78 is 6.68. The van der Waals surface area contributed by atoms with Crippen molar-refractivity contribution < 1.29 is 14.6 Å². The molecule has 4 heteroatoms. The molecule has 4 fully saturated rings. The summed E-state index contributed by atoms with van der Waals surface area (Å²) in [5.74, 6) is 2.75. The maximum atomic E-state index is 10.5. The summed E-state index contributed by atoms with van der Waals surface area (Å²) in [5, 5.41) is 20.7. The van der Waals surface area contributed by atoms with Gasteiger partial charge in [-0.25, -0.2) is 0 Å². The van der Waals surface area contributed by atoms with Crippen LogP contribution in [0.15, 0.2) is 0 Å². The van der Waals surface area contributed by atoms with Crippen LogP contribution in [0.4, 0.5) is 0 Å². The molecule has 4 saturated carbocycles. The van der Waals surface area contributed by atoms with Gasteiger partial charge >= 0.3 is 0 Å². The van der Waals surface area contributed by atoms with E-state index in [1.54, 1.807) is 0 Å². The maximum Gasteiger partial charge on any atom is 0.184 e. The second kappa shape index (κ2) is 6.57.